The molecule has 8 heteroatoms. The number of carbonyl (C=O) groups is 1. The molecule has 3 rings (SSSR count). The summed E-state index contributed by atoms with van der Waals surface area (Å²) in [6.07, 6.45) is 13.1. The van der Waals surface area contributed by atoms with Gasteiger partial charge in [-0.2, -0.15) is 0 Å². The van der Waals surface area contributed by atoms with Crippen molar-refractivity contribution in [1.82, 2.24) is 16.0 Å². The molecule has 2 saturated heterocycles. The van der Waals surface area contributed by atoms with Crippen molar-refractivity contribution in [2.75, 3.05) is 13.1 Å². The number of hydrogen-bond donors (Lipinski definition) is 7. The summed E-state index contributed by atoms with van der Waals surface area (Å²) in [5, 5.41) is 40.8. The zero-order valence-corrected chi connectivity index (χ0v) is 22.1. The van der Waals surface area contributed by atoms with Crippen LogP contribution in [0.5, 0.6) is 0 Å². The first kappa shape index (κ1) is 28.8. The van der Waals surface area contributed by atoms with E-state index in [0.29, 0.717) is 12.5 Å². The molecule has 1 saturated carbocycles. The summed E-state index contributed by atoms with van der Waals surface area (Å²) < 4.78 is 0. The highest BCUT2D eigenvalue weighted by molar-refractivity contribution is 5.68. The van der Waals surface area contributed by atoms with E-state index in [-0.39, 0.29) is 36.8 Å². The number of piperidine rings is 2. The number of aliphatic hydroxyl groups is 2. The van der Waals surface area contributed by atoms with Gasteiger partial charge in [0.25, 0.3) is 0 Å². The number of β-amino-alcohol motifs (C(OH)–C–C–N with tert-alkyl or cyclic N) is 1. The smallest absolute Gasteiger partial charge is 0.306 e. The second-order valence-corrected chi connectivity index (χ2v) is 12.3. The van der Waals surface area contributed by atoms with E-state index in [1.165, 1.54) is 32.1 Å². The molecule has 8 N–H and O–H groups in total. The van der Waals surface area contributed by atoms with Gasteiger partial charge >= 0.3 is 5.97 Å². The molecule has 3 aliphatic rings. The fraction of sp³-hybridized carbons (Fsp3) is 0.963. The van der Waals surface area contributed by atoms with E-state index in [2.05, 4.69) is 29.8 Å². The van der Waals surface area contributed by atoms with Gasteiger partial charge in [-0.25, -0.2) is 0 Å². The van der Waals surface area contributed by atoms with Crippen LogP contribution in [0.15, 0.2) is 0 Å². The molecule has 0 aromatic carbocycles. The lowest BCUT2D eigenvalue weighted by atomic mass is 9.74. The highest BCUT2D eigenvalue weighted by atomic mass is 16.4. The summed E-state index contributed by atoms with van der Waals surface area (Å²) in [4.78, 5) is 11.4. The molecule has 0 bridgehead atoms. The first-order chi connectivity index (χ1) is 16.6. The number of aliphatic hydroxyl groups excluding tert-OH is 1. The van der Waals surface area contributed by atoms with Gasteiger partial charge in [0, 0.05) is 24.2 Å². The average molecular weight is 497 g/mol. The van der Waals surface area contributed by atoms with E-state index >= 15 is 0 Å². The summed E-state index contributed by atoms with van der Waals surface area (Å²) in [6, 6.07) is 0.777. The third-order valence-corrected chi connectivity index (χ3v) is 9.12. The maximum absolute atomic E-state index is 11.4. The van der Waals surface area contributed by atoms with Crippen molar-refractivity contribution in [1.29, 1.82) is 0 Å². The average Bonchev–Trinajstić information content (AvgIpc) is 2.79. The van der Waals surface area contributed by atoms with Crippen LogP contribution >= 0.6 is 0 Å². The lowest BCUT2D eigenvalue weighted by Crippen LogP contribution is -2.59. The third kappa shape index (κ3) is 9.24. The number of hydrogen-bond acceptors (Lipinski definition) is 7. The predicted molar refractivity (Wildman–Crippen MR) is 139 cm³/mol. The largest absolute Gasteiger partial charge is 0.481 e. The van der Waals surface area contributed by atoms with E-state index in [1.807, 2.05) is 0 Å². The van der Waals surface area contributed by atoms with Crippen LogP contribution in [0.3, 0.4) is 0 Å². The Morgan fingerprint density at radius 1 is 1.14 bits per heavy atom. The van der Waals surface area contributed by atoms with E-state index in [1.54, 1.807) is 0 Å². The van der Waals surface area contributed by atoms with E-state index < -0.39 is 11.6 Å². The monoisotopic (exact) mass is 496 g/mol. The summed E-state index contributed by atoms with van der Waals surface area (Å²) in [5.41, 5.74) is 4.64. The topological polar surface area (TPSA) is 140 Å². The summed E-state index contributed by atoms with van der Waals surface area (Å²) in [5.74, 6) is 0.590. The van der Waals surface area contributed by atoms with Crippen molar-refractivity contribution >= 4 is 5.97 Å². The molecule has 204 valence electrons. The lowest BCUT2D eigenvalue weighted by Gasteiger charge is -2.41. The summed E-state index contributed by atoms with van der Waals surface area (Å²) in [6.45, 7) is 5.32. The minimum Gasteiger partial charge on any atom is -0.481 e. The Balaban J connectivity index is 1.33. The van der Waals surface area contributed by atoms with Crippen molar-refractivity contribution in [3.8, 4) is 0 Å². The van der Waals surface area contributed by atoms with Gasteiger partial charge in [0.15, 0.2) is 0 Å². The van der Waals surface area contributed by atoms with Crippen molar-refractivity contribution in [3.63, 3.8) is 0 Å². The van der Waals surface area contributed by atoms with Crippen LogP contribution < -0.4 is 21.7 Å². The van der Waals surface area contributed by atoms with Crippen LogP contribution in [-0.4, -0.2) is 69.9 Å². The minimum absolute atomic E-state index is 0.0701. The fourth-order valence-corrected chi connectivity index (χ4v) is 6.70. The fourth-order valence-electron chi connectivity index (χ4n) is 6.70. The van der Waals surface area contributed by atoms with Gasteiger partial charge in [-0.05, 0) is 77.2 Å². The van der Waals surface area contributed by atoms with Crippen LogP contribution in [0.25, 0.3) is 0 Å². The Labute approximate surface area is 212 Å². The highest BCUT2D eigenvalue weighted by Gasteiger charge is 2.36. The van der Waals surface area contributed by atoms with Gasteiger partial charge in [-0.1, -0.05) is 38.5 Å². The first-order valence-electron chi connectivity index (χ1n) is 14.2. The normalized spacial score (nSPS) is 38.1. The molecule has 35 heavy (non-hydrogen) atoms. The lowest BCUT2D eigenvalue weighted by molar-refractivity contribution is -0.143. The van der Waals surface area contributed by atoms with Gasteiger partial charge in [0.05, 0.1) is 24.3 Å². The molecule has 0 amide bonds. The van der Waals surface area contributed by atoms with Crippen molar-refractivity contribution in [2.24, 2.45) is 17.6 Å². The molecule has 1 aliphatic carbocycles. The minimum atomic E-state index is -1.22. The van der Waals surface area contributed by atoms with Crippen LogP contribution in [0.4, 0.5) is 0 Å². The standard InChI is InChI=1S/C27H52N4O4/c1-19-23(32)12-11-22(31-19)21-9-7-20(8-10-21)6-4-3-5-13-27(35,17-25(33)34)18-30-26(2)14-15-29-24(28)16-26/h19-24,29-32,35H,3-18,28H2,1-2H3,(H,33,34)/t19-,20?,21?,22-,23+,24-,26+,27+/m0/s1. The SMILES string of the molecule is C[C@@H]1N[C@H](C2CCC(CCCCC[C@](O)(CN[C@]3(C)CCN[C@H](N)C3)CC(=O)O)CC2)CC[C@H]1O. The Bertz CT molecular complexity index is 659. The second-order valence-electron chi connectivity index (χ2n) is 12.3. The van der Waals surface area contributed by atoms with Crippen LogP contribution in [0, 0.1) is 11.8 Å². The predicted octanol–water partition coefficient (Wildman–Crippen LogP) is 2.47. The molecule has 3 fully saturated rings. The second kappa shape index (κ2) is 13.2. The van der Waals surface area contributed by atoms with E-state index in [0.717, 1.165) is 63.3 Å². The van der Waals surface area contributed by atoms with Crippen LogP contribution in [0.2, 0.25) is 0 Å². The molecule has 0 aromatic heterocycles. The zero-order valence-electron chi connectivity index (χ0n) is 22.1. The first-order valence-corrected chi connectivity index (χ1v) is 14.2. The van der Waals surface area contributed by atoms with Gasteiger partial charge in [0.2, 0.25) is 0 Å². The molecular formula is C27H52N4O4. The van der Waals surface area contributed by atoms with Gasteiger partial charge in [-0.15, -0.1) is 0 Å². The number of carboxylic acid groups (broad SMARTS) is 1. The molecule has 0 unspecified atom stereocenters. The van der Waals surface area contributed by atoms with Crippen molar-refractivity contribution in [2.45, 2.75) is 139 Å². The van der Waals surface area contributed by atoms with Gasteiger partial charge in [0.1, 0.15) is 0 Å². The van der Waals surface area contributed by atoms with Gasteiger partial charge in [-0.3, -0.25) is 4.79 Å². The molecule has 2 heterocycles. The Morgan fingerprint density at radius 3 is 2.54 bits per heavy atom. The highest BCUT2D eigenvalue weighted by Crippen LogP contribution is 2.36. The maximum atomic E-state index is 11.4. The summed E-state index contributed by atoms with van der Waals surface area (Å²) in [7, 11) is 0. The molecule has 8 nitrogen and oxygen atoms in total. The molecule has 2 aliphatic heterocycles. The number of carboxylic acids is 1. The third-order valence-electron chi connectivity index (χ3n) is 9.12. The molecule has 6 atom stereocenters. The maximum Gasteiger partial charge on any atom is 0.306 e. The summed E-state index contributed by atoms with van der Waals surface area (Å²) >= 11 is 0. The number of rotatable bonds is 12. The van der Waals surface area contributed by atoms with E-state index in [9.17, 15) is 20.1 Å². The molecule has 0 spiro atoms. The van der Waals surface area contributed by atoms with Crippen molar-refractivity contribution < 1.29 is 20.1 Å². The zero-order chi connectivity index (χ0) is 25.5. The molecule has 0 radical (unpaired) electrons. The van der Waals surface area contributed by atoms with Crippen LogP contribution in [0.1, 0.15) is 104 Å². The Morgan fingerprint density at radius 2 is 1.89 bits per heavy atom. The Hall–Kier alpha value is -0.770. The van der Waals surface area contributed by atoms with Gasteiger partial charge < -0.3 is 37.0 Å². The molecule has 0 aromatic rings. The number of unbranched alkanes of at least 4 members (excludes halogenated alkanes) is 2. The molecular weight excluding hydrogens is 444 g/mol. The van der Waals surface area contributed by atoms with E-state index in [4.69, 9.17) is 5.73 Å². The van der Waals surface area contributed by atoms with Crippen molar-refractivity contribution in [3.05, 3.63) is 0 Å². The van der Waals surface area contributed by atoms with Crippen LogP contribution in [-0.2, 0) is 4.79 Å². The quantitative estimate of drug-likeness (QED) is 0.204. The number of aliphatic carboxylic acids is 1. The Kier molecular flexibility index (Phi) is 10.8. The number of nitrogens with one attached hydrogen (secondary N) is 3. The number of nitrogens with two attached hydrogens (primary N) is 1.